The molecular weight excluding hydrogens is 358 g/mol. The van der Waals surface area contributed by atoms with Gasteiger partial charge in [-0.2, -0.15) is 0 Å². The quantitative estimate of drug-likeness (QED) is 0.854. The van der Waals surface area contributed by atoms with E-state index >= 15 is 0 Å². The van der Waals surface area contributed by atoms with Crippen LogP contribution in [0.2, 0.25) is 0 Å². The number of fused-ring (bicyclic) bond motifs is 1. The lowest BCUT2D eigenvalue weighted by Gasteiger charge is -2.22. The van der Waals surface area contributed by atoms with E-state index in [4.69, 9.17) is 0 Å². The molecule has 2 heterocycles. The highest BCUT2D eigenvalue weighted by molar-refractivity contribution is 9.11. The summed E-state index contributed by atoms with van der Waals surface area (Å²) in [6, 6.07) is 5.80. The van der Waals surface area contributed by atoms with Crippen LogP contribution in [0.3, 0.4) is 0 Å². The Kier molecular flexibility index (Phi) is 3.64. The van der Waals surface area contributed by atoms with Gasteiger partial charge in [0.1, 0.15) is 6.04 Å². The first-order chi connectivity index (χ1) is 10.1. The summed E-state index contributed by atoms with van der Waals surface area (Å²) in [6.07, 6.45) is 1.88. The van der Waals surface area contributed by atoms with Gasteiger partial charge in [0, 0.05) is 12.1 Å². The van der Waals surface area contributed by atoms with Crippen LogP contribution < -0.4 is 10.2 Å². The minimum Gasteiger partial charge on any atom is -0.480 e. The Hall–Kier alpha value is -1.93. The fourth-order valence-electron chi connectivity index (χ4n) is 2.30. The van der Waals surface area contributed by atoms with Crippen molar-refractivity contribution in [3.8, 4) is 0 Å². The summed E-state index contributed by atoms with van der Waals surface area (Å²) in [7, 11) is 0. The average Bonchev–Trinajstić information content (AvgIpc) is 3.02. The number of urea groups is 1. The number of nitrogens with one attached hydrogen (secondary N) is 1. The largest absolute Gasteiger partial charge is 0.480 e. The van der Waals surface area contributed by atoms with E-state index in [1.54, 1.807) is 18.3 Å². The SMILES string of the molecule is O=C(O)[C@@H]1Cc2ccccc2N1C(=O)Nc1ncc(Br)s1. The van der Waals surface area contributed by atoms with Gasteiger partial charge in [0.25, 0.3) is 0 Å². The van der Waals surface area contributed by atoms with Gasteiger partial charge in [-0.3, -0.25) is 10.2 Å². The van der Waals surface area contributed by atoms with E-state index in [1.165, 1.54) is 16.2 Å². The normalized spacial score (nSPS) is 16.6. The van der Waals surface area contributed by atoms with E-state index in [0.29, 0.717) is 17.2 Å². The lowest BCUT2D eigenvalue weighted by molar-refractivity contribution is -0.138. The molecule has 0 spiro atoms. The highest BCUT2D eigenvalue weighted by Crippen LogP contribution is 2.33. The highest BCUT2D eigenvalue weighted by Gasteiger charge is 2.38. The summed E-state index contributed by atoms with van der Waals surface area (Å²) < 4.78 is 0.786. The molecule has 0 saturated carbocycles. The van der Waals surface area contributed by atoms with Crippen molar-refractivity contribution in [1.82, 2.24) is 4.98 Å². The van der Waals surface area contributed by atoms with Gasteiger partial charge in [-0.25, -0.2) is 14.6 Å². The molecule has 8 heteroatoms. The smallest absolute Gasteiger partial charge is 0.328 e. The van der Waals surface area contributed by atoms with Crippen LogP contribution in [-0.4, -0.2) is 28.1 Å². The van der Waals surface area contributed by atoms with Gasteiger partial charge in [-0.1, -0.05) is 29.5 Å². The molecule has 1 aliphatic rings. The van der Waals surface area contributed by atoms with E-state index in [1.807, 2.05) is 12.1 Å². The maximum absolute atomic E-state index is 12.4. The molecule has 6 nitrogen and oxygen atoms in total. The van der Waals surface area contributed by atoms with Crippen LogP contribution in [-0.2, 0) is 11.2 Å². The highest BCUT2D eigenvalue weighted by atomic mass is 79.9. The lowest BCUT2D eigenvalue weighted by Crippen LogP contribution is -2.45. The van der Waals surface area contributed by atoms with Crippen LogP contribution in [0.25, 0.3) is 0 Å². The zero-order valence-electron chi connectivity index (χ0n) is 10.6. The maximum Gasteiger partial charge on any atom is 0.328 e. The summed E-state index contributed by atoms with van der Waals surface area (Å²) in [6.45, 7) is 0. The monoisotopic (exact) mass is 367 g/mol. The zero-order valence-corrected chi connectivity index (χ0v) is 13.0. The molecule has 0 bridgehead atoms. The van der Waals surface area contributed by atoms with E-state index in [0.717, 1.165) is 9.35 Å². The minimum atomic E-state index is -1.03. The summed E-state index contributed by atoms with van der Waals surface area (Å²) in [4.78, 5) is 29.1. The van der Waals surface area contributed by atoms with E-state index in [-0.39, 0.29) is 0 Å². The van der Waals surface area contributed by atoms with Crippen molar-refractivity contribution >= 4 is 50.1 Å². The van der Waals surface area contributed by atoms with Crippen LogP contribution in [0.5, 0.6) is 0 Å². The summed E-state index contributed by atoms with van der Waals surface area (Å²) in [5.74, 6) is -1.03. The van der Waals surface area contributed by atoms with Gasteiger partial charge < -0.3 is 5.11 Å². The number of amides is 2. The summed E-state index contributed by atoms with van der Waals surface area (Å²) in [5.41, 5.74) is 1.47. The van der Waals surface area contributed by atoms with Crippen molar-refractivity contribution in [3.63, 3.8) is 0 Å². The molecule has 1 aromatic heterocycles. The average molecular weight is 368 g/mol. The number of nitrogens with zero attached hydrogens (tertiary/aromatic N) is 2. The van der Waals surface area contributed by atoms with Gasteiger partial charge in [-0.05, 0) is 27.6 Å². The van der Waals surface area contributed by atoms with Crippen molar-refractivity contribution in [2.24, 2.45) is 0 Å². The number of hydrogen-bond acceptors (Lipinski definition) is 4. The van der Waals surface area contributed by atoms with Crippen molar-refractivity contribution in [1.29, 1.82) is 0 Å². The molecule has 108 valence electrons. The van der Waals surface area contributed by atoms with E-state index in [9.17, 15) is 14.7 Å². The maximum atomic E-state index is 12.4. The number of carboxylic acids is 1. The number of rotatable bonds is 2. The van der Waals surface area contributed by atoms with Crippen LogP contribution in [0.1, 0.15) is 5.56 Å². The van der Waals surface area contributed by atoms with Crippen molar-refractivity contribution in [3.05, 3.63) is 39.8 Å². The second kappa shape index (κ2) is 5.45. The van der Waals surface area contributed by atoms with Gasteiger partial charge in [0.15, 0.2) is 5.13 Å². The molecular formula is C13H10BrN3O3S. The number of hydrogen-bond donors (Lipinski definition) is 2. The molecule has 0 fully saturated rings. The van der Waals surface area contributed by atoms with Crippen LogP contribution in [0.15, 0.2) is 34.2 Å². The molecule has 2 aromatic rings. The second-order valence-corrected chi connectivity index (χ2v) is 6.87. The Morgan fingerprint density at radius 1 is 1.43 bits per heavy atom. The Labute approximate surface area is 132 Å². The first-order valence-electron chi connectivity index (χ1n) is 6.08. The Morgan fingerprint density at radius 2 is 2.19 bits per heavy atom. The molecule has 1 aromatic carbocycles. The number of carbonyl (C=O) groups excluding carboxylic acids is 1. The Balaban J connectivity index is 1.90. The zero-order chi connectivity index (χ0) is 15.0. The molecule has 0 aliphatic carbocycles. The molecule has 21 heavy (non-hydrogen) atoms. The number of halogens is 1. The standard InChI is InChI=1S/C13H10BrN3O3S/c14-10-6-15-12(21-10)16-13(20)17-8-4-2-1-3-7(8)5-9(17)11(18)19/h1-4,6,9H,5H2,(H,18,19)(H,15,16,20)/t9-/m0/s1. The molecule has 0 saturated heterocycles. The predicted molar refractivity (Wildman–Crippen MR) is 82.9 cm³/mol. The number of thiazole rings is 1. The molecule has 2 N–H and O–H groups in total. The van der Waals surface area contributed by atoms with E-state index < -0.39 is 18.0 Å². The molecule has 1 atom stereocenters. The molecule has 3 rings (SSSR count). The lowest BCUT2D eigenvalue weighted by atomic mass is 10.1. The van der Waals surface area contributed by atoms with Gasteiger partial charge in [0.05, 0.1) is 9.98 Å². The number of para-hydroxylation sites is 1. The van der Waals surface area contributed by atoms with Crippen molar-refractivity contribution in [2.45, 2.75) is 12.5 Å². The predicted octanol–water partition coefficient (Wildman–Crippen LogP) is 2.95. The number of aliphatic carboxylic acids is 1. The third-order valence-corrected chi connectivity index (χ3v) is 4.56. The van der Waals surface area contributed by atoms with Crippen LogP contribution >= 0.6 is 27.3 Å². The molecule has 0 radical (unpaired) electrons. The second-order valence-electron chi connectivity index (χ2n) is 4.46. The minimum absolute atomic E-state index is 0.306. The summed E-state index contributed by atoms with van der Waals surface area (Å²) >= 11 is 4.53. The summed E-state index contributed by atoms with van der Waals surface area (Å²) in [5, 5.41) is 12.4. The van der Waals surface area contributed by atoms with Crippen molar-refractivity contribution < 1.29 is 14.7 Å². The Morgan fingerprint density at radius 3 is 2.86 bits per heavy atom. The van der Waals surface area contributed by atoms with Gasteiger partial charge in [-0.15, -0.1) is 0 Å². The molecule has 2 amide bonds. The molecule has 1 aliphatic heterocycles. The first-order valence-corrected chi connectivity index (χ1v) is 7.69. The number of benzene rings is 1. The number of aromatic nitrogens is 1. The first kappa shape index (κ1) is 14.0. The number of anilines is 2. The third kappa shape index (κ3) is 2.64. The Bertz CT molecular complexity index is 718. The number of carboxylic acid groups (broad SMARTS) is 1. The number of carbonyl (C=O) groups is 2. The fourth-order valence-corrected chi connectivity index (χ4v) is 3.39. The van der Waals surface area contributed by atoms with Crippen LogP contribution in [0.4, 0.5) is 15.6 Å². The fraction of sp³-hybridized carbons (Fsp3) is 0.154. The van der Waals surface area contributed by atoms with E-state index in [2.05, 4.69) is 26.2 Å². The third-order valence-electron chi connectivity index (χ3n) is 3.17. The van der Waals surface area contributed by atoms with Crippen molar-refractivity contribution in [2.75, 3.05) is 10.2 Å². The van der Waals surface area contributed by atoms with Gasteiger partial charge in [0.2, 0.25) is 0 Å². The van der Waals surface area contributed by atoms with Gasteiger partial charge >= 0.3 is 12.0 Å². The topological polar surface area (TPSA) is 82.5 Å². The van der Waals surface area contributed by atoms with Crippen LogP contribution in [0, 0.1) is 0 Å². The molecule has 0 unspecified atom stereocenters.